The third kappa shape index (κ3) is 10.7. The van der Waals surface area contributed by atoms with Crippen molar-refractivity contribution in [2.24, 2.45) is 11.7 Å². The number of phenolic OH excluding ortho intramolecular Hbond substituents is 1. The van der Waals surface area contributed by atoms with Gasteiger partial charge in [0.15, 0.2) is 11.5 Å². The molecule has 1 saturated carbocycles. The van der Waals surface area contributed by atoms with Crippen LogP contribution < -0.4 is 15.8 Å². The third-order valence-corrected chi connectivity index (χ3v) is 9.01. The number of hydrogen-bond acceptors (Lipinski definition) is 7. The summed E-state index contributed by atoms with van der Waals surface area (Å²) in [5, 5.41) is 33.4. The van der Waals surface area contributed by atoms with E-state index in [4.69, 9.17) is 14.9 Å². The number of aliphatic hydroxyl groups is 2. The number of furan rings is 1. The Kier molecular flexibility index (Phi) is 14.1. The third-order valence-electron chi connectivity index (χ3n) is 9.01. The smallest absolute Gasteiger partial charge is 0.161 e. The van der Waals surface area contributed by atoms with E-state index < -0.39 is 0 Å². The lowest BCUT2D eigenvalue weighted by Crippen LogP contribution is -2.30. The molecule has 4 rings (SSSR count). The highest BCUT2D eigenvalue weighted by molar-refractivity contribution is 5.42. The number of hydrogen-bond donors (Lipinski definition) is 6. The summed E-state index contributed by atoms with van der Waals surface area (Å²) in [5.41, 5.74) is 9.97. The van der Waals surface area contributed by atoms with Crippen molar-refractivity contribution in [3.8, 4) is 11.5 Å². The molecule has 2 aromatic heterocycles. The molecule has 0 amide bonds. The van der Waals surface area contributed by atoms with Crippen LogP contribution in [-0.2, 0) is 32.3 Å². The molecule has 1 aliphatic rings. The number of aryl methyl sites for hydroxylation is 3. The van der Waals surface area contributed by atoms with Gasteiger partial charge in [0.25, 0.3) is 0 Å². The molecule has 7 N–H and O–H groups in total. The molecule has 44 heavy (non-hydrogen) atoms. The lowest BCUT2D eigenvalue weighted by molar-refractivity contribution is 0.189. The van der Waals surface area contributed by atoms with E-state index in [2.05, 4.69) is 22.6 Å². The topological polar surface area (TPSA) is 137 Å². The van der Waals surface area contributed by atoms with Crippen molar-refractivity contribution in [3.05, 3.63) is 70.4 Å². The van der Waals surface area contributed by atoms with Gasteiger partial charge in [-0.25, -0.2) is 0 Å². The van der Waals surface area contributed by atoms with Crippen LogP contribution in [0.4, 0.5) is 0 Å². The number of benzene rings is 1. The summed E-state index contributed by atoms with van der Waals surface area (Å²) >= 11 is 0. The number of aliphatic hydroxyl groups excluding tert-OH is 2. The van der Waals surface area contributed by atoms with E-state index in [0.29, 0.717) is 43.6 Å². The van der Waals surface area contributed by atoms with Crippen molar-refractivity contribution in [2.75, 3.05) is 26.2 Å². The molecule has 0 radical (unpaired) electrons. The monoisotopic (exact) mass is 609 g/mol. The highest BCUT2D eigenvalue weighted by atomic mass is 16.5. The highest BCUT2D eigenvalue weighted by Gasteiger charge is 2.27. The summed E-state index contributed by atoms with van der Waals surface area (Å²) in [6.07, 6.45) is 15.6. The first kappa shape index (κ1) is 34.1. The first-order chi connectivity index (χ1) is 21.5. The van der Waals surface area contributed by atoms with Crippen molar-refractivity contribution < 1.29 is 24.5 Å². The van der Waals surface area contributed by atoms with Crippen molar-refractivity contribution in [1.29, 1.82) is 0 Å². The Hall–Kier alpha value is -2.78. The first-order valence-electron chi connectivity index (χ1n) is 16.9. The van der Waals surface area contributed by atoms with E-state index in [9.17, 15) is 15.3 Å². The SMILES string of the molecule is CC(O)CNCC(c1c[nH]c(CCOc2cc(CCc3cc(CO)c(CCCCCCCN)o3)ccc2O)c1)C1CCCC1. The maximum absolute atomic E-state index is 10.4. The summed E-state index contributed by atoms with van der Waals surface area (Å²) in [6, 6.07) is 9.77. The van der Waals surface area contributed by atoms with Crippen molar-refractivity contribution in [2.45, 2.75) is 109 Å². The predicted octanol–water partition coefficient (Wildman–Crippen LogP) is 5.91. The largest absolute Gasteiger partial charge is 0.504 e. The minimum atomic E-state index is -0.345. The molecular weight excluding hydrogens is 554 g/mol. The normalized spacial score (nSPS) is 15.2. The van der Waals surface area contributed by atoms with Gasteiger partial charge in [0, 0.05) is 55.7 Å². The summed E-state index contributed by atoms with van der Waals surface area (Å²) < 4.78 is 12.2. The molecule has 244 valence electrons. The van der Waals surface area contributed by atoms with Gasteiger partial charge in [-0.15, -0.1) is 0 Å². The Morgan fingerprint density at radius 2 is 1.80 bits per heavy atom. The zero-order valence-electron chi connectivity index (χ0n) is 26.7. The molecule has 1 aliphatic carbocycles. The molecular formula is C36H55N3O5. The summed E-state index contributed by atoms with van der Waals surface area (Å²) in [5.74, 6) is 3.52. The molecule has 0 aliphatic heterocycles. The molecule has 1 fully saturated rings. The zero-order chi connectivity index (χ0) is 31.1. The van der Waals surface area contributed by atoms with E-state index in [0.717, 1.165) is 73.5 Å². The maximum Gasteiger partial charge on any atom is 0.161 e. The lowest BCUT2D eigenvalue weighted by atomic mass is 9.86. The van der Waals surface area contributed by atoms with Crippen LogP contribution in [0.3, 0.4) is 0 Å². The lowest BCUT2D eigenvalue weighted by Gasteiger charge is -2.23. The van der Waals surface area contributed by atoms with Gasteiger partial charge in [0.2, 0.25) is 0 Å². The molecule has 8 nitrogen and oxygen atoms in total. The van der Waals surface area contributed by atoms with E-state index in [1.165, 1.54) is 44.1 Å². The molecule has 3 aromatic rings. The Labute approximate surface area is 263 Å². The second-order valence-corrected chi connectivity index (χ2v) is 12.6. The van der Waals surface area contributed by atoms with Crippen molar-refractivity contribution in [3.63, 3.8) is 0 Å². The van der Waals surface area contributed by atoms with Crippen molar-refractivity contribution in [1.82, 2.24) is 10.3 Å². The summed E-state index contributed by atoms with van der Waals surface area (Å²) in [6.45, 7) is 4.51. The molecule has 0 bridgehead atoms. The molecule has 2 heterocycles. The average Bonchev–Trinajstić information content (AvgIpc) is 3.79. The van der Waals surface area contributed by atoms with E-state index >= 15 is 0 Å². The van der Waals surface area contributed by atoms with Crippen molar-refractivity contribution >= 4 is 0 Å². The number of aromatic nitrogens is 1. The molecule has 1 aromatic carbocycles. The van der Waals surface area contributed by atoms with Gasteiger partial charge >= 0.3 is 0 Å². The van der Waals surface area contributed by atoms with E-state index in [-0.39, 0.29) is 18.5 Å². The molecule has 0 saturated heterocycles. The van der Waals surface area contributed by atoms with Gasteiger partial charge in [-0.3, -0.25) is 0 Å². The Morgan fingerprint density at radius 1 is 1.00 bits per heavy atom. The zero-order valence-corrected chi connectivity index (χ0v) is 26.7. The van der Waals surface area contributed by atoms with Gasteiger partial charge in [-0.2, -0.15) is 0 Å². The van der Waals surface area contributed by atoms with Crippen LogP contribution in [0, 0.1) is 5.92 Å². The molecule has 8 heteroatoms. The van der Waals surface area contributed by atoms with Crippen LogP contribution in [0.25, 0.3) is 0 Å². The Balaban J connectivity index is 1.26. The number of H-pyrrole nitrogens is 1. The highest BCUT2D eigenvalue weighted by Crippen LogP contribution is 2.37. The van der Waals surface area contributed by atoms with Crippen LogP contribution in [0.2, 0.25) is 0 Å². The summed E-state index contributed by atoms with van der Waals surface area (Å²) in [4.78, 5) is 3.44. The second-order valence-electron chi connectivity index (χ2n) is 12.6. The molecule has 2 unspecified atom stereocenters. The molecule has 0 spiro atoms. The van der Waals surface area contributed by atoms with Gasteiger partial charge in [0.1, 0.15) is 11.5 Å². The fraction of sp³-hybridized carbons (Fsp3) is 0.611. The predicted molar refractivity (Wildman–Crippen MR) is 175 cm³/mol. The second kappa shape index (κ2) is 18.3. The number of rotatable bonds is 21. The molecule has 2 atom stereocenters. The van der Waals surface area contributed by atoms with E-state index in [1.807, 2.05) is 25.1 Å². The number of aromatic amines is 1. The van der Waals surface area contributed by atoms with Crippen LogP contribution >= 0.6 is 0 Å². The Bertz CT molecular complexity index is 1230. The van der Waals surface area contributed by atoms with Gasteiger partial charge in [0.05, 0.1) is 19.3 Å². The number of phenols is 1. The maximum atomic E-state index is 10.4. The Morgan fingerprint density at radius 3 is 2.57 bits per heavy atom. The average molecular weight is 610 g/mol. The number of unbranched alkanes of at least 4 members (excludes halogenated alkanes) is 4. The van der Waals surface area contributed by atoms with Gasteiger partial charge in [-0.05, 0) is 86.9 Å². The fourth-order valence-electron chi connectivity index (χ4n) is 6.51. The summed E-state index contributed by atoms with van der Waals surface area (Å²) in [7, 11) is 0. The number of ether oxygens (including phenoxy) is 1. The minimum Gasteiger partial charge on any atom is -0.504 e. The fourth-order valence-corrected chi connectivity index (χ4v) is 6.51. The standard InChI is InChI=1S/C36H55N3O5/c1-26(41)22-38-24-33(28-9-6-7-10-28)29-20-31(39-23-29)16-18-43-36-19-27(13-15-34(36)42)12-14-32-21-30(25-40)35(44-32)11-5-3-2-4-8-17-37/h13,15,19-21,23,26,28,33,38-42H,2-12,14,16-18,22,24-25,37H2,1H3. The number of aromatic hydroxyl groups is 1. The van der Waals surface area contributed by atoms with Crippen LogP contribution in [-0.4, -0.2) is 52.6 Å². The first-order valence-corrected chi connectivity index (χ1v) is 16.9. The van der Waals surface area contributed by atoms with Crippen LogP contribution in [0.15, 0.2) is 40.9 Å². The number of nitrogens with two attached hydrogens (primary N) is 1. The van der Waals surface area contributed by atoms with Gasteiger partial charge in [-0.1, -0.05) is 38.2 Å². The quantitative estimate of drug-likeness (QED) is 0.0827. The van der Waals surface area contributed by atoms with Crippen LogP contribution in [0.1, 0.15) is 105 Å². The number of nitrogens with one attached hydrogen (secondary N) is 2. The minimum absolute atomic E-state index is 0.00731. The van der Waals surface area contributed by atoms with E-state index in [1.54, 1.807) is 6.07 Å². The van der Waals surface area contributed by atoms with Crippen LogP contribution in [0.5, 0.6) is 11.5 Å². The van der Waals surface area contributed by atoms with Gasteiger partial charge < -0.3 is 40.5 Å².